The Balaban J connectivity index is 3.68. The van der Waals surface area contributed by atoms with Gasteiger partial charge in [-0.2, -0.15) is 11.8 Å². The average Bonchev–Trinajstić information content (AvgIpc) is 2.22. The second-order valence-corrected chi connectivity index (χ2v) is 6.86. The van der Waals surface area contributed by atoms with Gasteiger partial charge in [0, 0.05) is 17.3 Å². The molecule has 90 valence electrons. The zero-order valence-electron chi connectivity index (χ0n) is 9.36. The van der Waals surface area contributed by atoms with E-state index in [0.29, 0.717) is 11.5 Å². The molecule has 4 nitrogen and oxygen atoms in total. The third-order valence-electron chi connectivity index (χ3n) is 1.95. The van der Waals surface area contributed by atoms with Crippen LogP contribution in [0.4, 0.5) is 0 Å². The van der Waals surface area contributed by atoms with E-state index in [4.69, 9.17) is 0 Å². The molecule has 0 saturated heterocycles. The second kappa shape index (κ2) is 7.11. The fourth-order valence-corrected chi connectivity index (χ4v) is 3.29. The van der Waals surface area contributed by atoms with Gasteiger partial charge in [-0.3, -0.25) is 4.79 Å². The van der Waals surface area contributed by atoms with Crippen LogP contribution in [0.3, 0.4) is 0 Å². The Bertz CT molecular complexity index is 284. The monoisotopic (exact) mass is 254 g/mol. The van der Waals surface area contributed by atoms with Gasteiger partial charge < -0.3 is 4.74 Å². The maximum atomic E-state index is 11.1. The zero-order chi connectivity index (χ0) is 11.9. The third-order valence-corrected chi connectivity index (χ3v) is 5.14. The van der Waals surface area contributed by atoms with Crippen LogP contribution in [0.25, 0.3) is 0 Å². The van der Waals surface area contributed by atoms with Crippen molar-refractivity contribution in [3.8, 4) is 0 Å². The first kappa shape index (κ1) is 14.8. The number of carbonyl (C=O) groups excluding carboxylic acids is 1. The standard InChI is InChI=1S/C9H18O4S2/c1-4-15(11,12)6-5-14-7-8(2)9(10)13-3/h8H,4-7H2,1-3H3. The maximum absolute atomic E-state index is 11.1. The van der Waals surface area contributed by atoms with Gasteiger partial charge in [0.25, 0.3) is 0 Å². The van der Waals surface area contributed by atoms with Crippen molar-refractivity contribution in [3.63, 3.8) is 0 Å². The molecule has 0 aliphatic rings. The molecule has 0 bridgehead atoms. The molecule has 0 fully saturated rings. The van der Waals surface area contributed by atoms with Gasteiger partial charge in [-0.05, 0) is 0 Å². The lowest BCUT2D eigenvalue weighted by Gasteiger charge is -2.08. The van der Waals surface area contributed by atoms with Gasteiger partial charge in [0.15, 0.2) is 9.84 Å². The first-order chi connectivity index (χ1) is 6.93. The molecule has 0 radical (unpaired) electrons. The summed E-state index contributed by atoms with van der Waals surface area (Å²) in [7, 11) is -1.53. The molecule has 0 aliphatic carbocycles. The minimum absolute atomic E-state index is 0.177. The highest BCUT2D eigenvalue weighted by Crippen LogP contribution is 2.10. The second-order valence-electron chi connectivity index (χ2n) is 3.24. The van der Waals surface area contributed by atoms with Crippen LogP contribution in [0.5, 0.6) is 0 Å². The van der Waals surface area contributed by atoms with Gasteiger partial charge in [-0.1, -0.05) is 13.8 Å². The zero-order valence-corrected chi connectivity index (χ0v) is 11.0. The van der Waals surface area contributed by atoms with Crippen LogP contribution in [0, 0.1) is 5.92 Å². The Morgan fingerprint density at radius 1 is 1.47 bits per heavy atom. The predicted octanol–water partition coefficient (Wildman–Crippen LogP) is 0.963. The molecule has 0 amide bonds. The number of methoxy groups -OCH3 is 1. The van der Waals surface area contributed by atoms with Gasteiger partial charge >= 0.3 is 5.97 Å². The Morgan fingerprint density at radius 3 is 2.53 bits per heavy atom. The molecule has 0 aromatic carbocycles. The molecule has 0 rings (SSSR count). The summed E-state index contributed by atoms with van der Waals surface area (Å²) < 4.78 is 26.8. The largest absolute Gasteiger partial charge is 0.469 e. The van der Waals surface area contributed by atoms with E-state index >= 15 is 0 Å². The predicted molar refractivity (Wildman–Crippen MR) is 62.8 cm³/mol. The summed E-state index contributed by atoms with van der Waals surface area (Å²) in [6, 6.07) is 0. The van der Waals surface area contributed by atoms with E-state index < -0.39 is 9.84 Å². The minimum atomic E-state index is -2.88. The number of sulfone groups is 1. The van der Waals surface area contributed by atoms with Gasteiger partial charge in [0.1, 0.15) is 0 Å². The minimum Gasteiger partial charge on any atom is -0.469 e. The van der Waals surface area contributed by atoms with Crippen molar-refractivity contribution in [2.24, 2.45) is 5.92 Å². The van der Waals surface area contributed by atoms with Gasteiger partial charge in [-0.15, -0.1) is 0 Å². The quantitative estimate of drug-likeness (QED) is 0.500. The van der Waals surface area contributed by atoms with Crippen LogP contribution in [0.1, 0.15) is 13.8 Å². The van der Waals surface area contributed by atoms with Gasteiger partial charge in [0.05, 0.1) is 18.8 Å². The lowest BCUT2D eigenvalue weighted by molar-refractivity contribution is -0.143. The Kier molecular flexibility index (Phi) is 7.00. The number of hydrogen-bond donors (Lipinski definition) is 0. The summed E-state index contributed by atoms with van der Waals surface area (Å²) in [4.78, 5) is 11.0. The lowest BCUT2D eigenvalue weighted by atomic mass is 10.2. The maximum Gasteiger partial charge on any atom is 0.309 e. The summed E-state index contributed by atoms with van der Waals surface area (Å²) in [5.41, 5.74) is 0. The number of esters is 1. The van der Waals surface area contributed by atoms with Crippen molar-refractivity contribution in [1.29, 1.82) is 0 Å². The Labute approximate surface area is 95.7 Å². The van der Waals surface area contributed by atoms with Crippen molar-refractivity contribution in [2.75, 3.05) is 30.1 Å². The summed E-state index contributed by atoms with van der Waals surface area (Å²) in [5, 5.41) is 0. The molecule has 1 atom stereocenters. The molecule has 0 saturated carbocycles. The topological polar surface area (TPSA) is 60.4 Å². The highest BCUT2D eigenvalue weighted by molar-refractivity contribution is 8.00. The van der Waals surface area contributed by atoms with Crippen molar-refractivity contribution < 1.29 is 17.9 Å². The van der Waals surface area contributed by atoms with E-state index in [2.05, 4.69) is 4.74 Å². The Morgan fingerprint density at radius 2 is 2.07 bits per heavy atom. The molecule has 6 heteroatoms. The molecule has 0 heterocycles. The van der Waals surface area contributed by atoms with Gasteiger partial charge in [0.2, 0.25) is 0 Å². The van der Waals surface area contributed by atoms with Crippen molar-refractivity contribution >= 4 is 27.6 Å². The number of ether oxygens (including phenoxy) is 1. The lowest BCUT2D eigenvalue weighted by Crippen LogP contribution is -2.16. The van der Waals surface area contributed by atoms with Crippen LogP contribution >= 0.6 is 11.8 Å². The number of thioether (sulfide) groups is 1. The van der Waals surface area contributed by atoms with Crippen molar-refractivity contribution in [1.82, 2.24) is 0 Å². The molecule has 0 aromatic rings. The fourth-order valence-electron chi connectivity index (χ4n) is 0.860. The molecule has 0 spiro atoms. The third kappa shape index (κ3) is 6.78. The van der Waals surface area contributed by atoms with Crippen LogP contribution in [-0.4, -0.2) is 44.5 Å². The molecule has 1 unspecified atom stereocenters. The molecule has 0 aliphatic heterocycles. The fraction of sp³-hybridized carbons (Fsp3) is 0.889. The molecular weight excluding hydrogens is 236 g/mol. The molecular formula is C9H18O4S2. The van der Waals surface area contributed by atoms with Crippen LogP contribution in [0.15, 0.2) is 0 Å². The molecule has 15 heavy (non-hydrogen) atoms. The average molecular weight is 254 g/mol. The van der Waals surface area contributed by atoms with Crippen LogP contribution < -0.4 is 0 Å². The highest BCUT2D eigenvalue weighted by atomic mass is 32.2. The molecule has 0 N–H and O–H groups in total. The van der Waals surface area contributed by atoms with E-state index in [1.54, 1.807) is 13.8 Å². The van der Waals surface area contributed by atoms with E-state index in [0.717, 1.165) is 0 Å². The summed E-state index contributed by atoms with van der Waals surface area (Å²) >= 11 is 1.47. The summed E-state index contributed by atoms with van der Waals surface area (Å²) in [6.07, 6.45) is 0. The van der Waals surface area contributed by atoms with Crippen LogP contribution in [0.2, 0.25) is 0 Å². The number of rotatable bonds is 7. The van der Waals surface area contributed by atoms with Crippen molar-refractivity contribution in [2.45, 2.75) is 13.8 Å². The van der Waals surface area contributed by atoms with E-state index in [9.17, 15) is 13.2 Å². The highest BCUT2D eigenvalue weighted by Gasteiger charge is 2.13. The smallest absolute Gasteiger partial charge is 0.309 e. The van der Waals surface area contributed by atoms with E-state index in [1.807, 2.05) is 0 Å². The van der Waals surface area contributed by atoms with E-state index in [-0.39, 0.29) is 23.4 Å². The van der Waals surface area contributed by atoms with Gasteiger partial charge in [-0.25, -0.2) is 8.42 Å². The normalized spacial score (nSPS) is 13.5. The van der Waals surface area contributed by atoms with E-state index in [1.165, 1.54) is 18.9 Å². The van der Waals surface area contributed by atoms with Crippen LogP contribution in [-0.2, 0) is 19.4 Å². The molecule has 0 aromatic heterocycles. The number of carbonyl (C=O) groups is 1. The Hall–Kier alpha value is -0.230. The SMILES string of the molecule is CCS(=O)(=O)CCSCC(C)C(=O)OC. The summed E-state index contributed by atoms with van der Waals surface area (Å²) in [5.74, 6) is 1.08. The number of hydrogen-bond acceptors (Lipinski definition) is 5. The first-order valence-electron chi connectivity index (χ1n) is 4.79. The van der Waals surface area contributed by atoms with Crippen molar-refractivity contribution in [3.05, 3.63) is 0 Å². The summed E-state index contributed by atoms with van der Waals surface area (Å²) in [6.45, 7) is 3.41. The first-order valence-corrected chi connectivity index (χ1v) is 7.76.